The Labute approximate surface area is 108 Å². The molecule has 3 nitrogen and oxygen atoms in total. The van der Waals surface area contributed by atoms with Crippen LogP contribution in [0.2, 0.25) is 0 Å². The summed E-state index contributed by atoms with van der Waals surface area (Å²) in [6.07, 6.45) is 4.75. The maximum atomic E-state index is 12.4. The van der Waals surface area contributed by atoms with Crippen LogP contribution in [0.25, 0.3) is 0 Å². The number of benzene rings is 1. The Hall–Kier alpha value is -1.35. The van der Waals surface area contributed by atoms with Gasteiger partial charge in [0, 0.05) is 30.7 Å². The largest absolute Gasteiger partial charge is 0.339 e. The smallest absolute Gasteiger partial charge is 0.253 e. The second kappa shape index (κ2) is 4.73. The van der Waals surface area contributed by atoms with Gasteiger partial charge in [-0.2, -0.15) is 0 Å². The Bertz CT molecular complexity index is 419. The van der Waals surface area contributed by atoms with E-state index in [1.165, 1.54) is 12.8 Å². The van der Waals surface area contributed by atoms with Gasteiger partial charge in [-0.15, -0.1) is 0 Å². The van der Waals surface area contributed by atoms with Crippen molar-refractivity contribution in [1.82, 2.24) is 10.2 Å². The van der Waals surface area contributed by atoms with E-state index in [0.29, 0.717) is 18.1 Å². The van der Waals surface area contributed by atoms with Crippen molar-refractivity contribution in [2.24, 2.45) is 0 Å². The summed E-state index contributed by atoms with van der Waals surface area (Å²) in [5.74, 6) is 0.155. The molecule has 1 aromatic rings. The lowest BCUT2D eigenvalue weighted by atomic mass is 9.98. The summed E-state index contributed by atoms with van der Waals surface area (Å²) >= 11 is 0. The highest BCUT2D eigenvalue weighted by Crippen LogP contribution is 2.29. The van der Waals surface area contributed by atoms with Crippen LogP contribution in [0.1, 0.15) is 36.0 Å². The van der Waals surface area contributed by atoms with Crippen LogP contribution in [0.4, 0.5) is 0 Å². The quantitative estimate of drug-likeness (QED) is 0.863. The van der Waals surface area contributed by atoms with Crippen molar-refractivity contribution >= 4 is 5.91 Å². The van der Waals surface area contributed by atoms with Gasteiger partial charge in [-0.25, -0.2) is 0 Å². The topological polar surface area (TPSA) is 32.3 Å². The minimum Gasteiger partial charge on any atom is -0.339 e. The minimum absolute atomic E-state index is 0.155. The first-order valence-electron chi connectivity index (χ1n) is 6.82. The van der Waals surface area contributed by atoms with E-state index in [-0.39, 0.29) is 5.91 Å². The molecule has 0 aliphatic carbocycles. The van der Waals surface area contributed by atoms with Gasteiger partial charge in [-0.1, -0.05) is 18.2 Å². The molecule has 0 unspecified atom stereocenters. The normalized spacial score (nSPS) is 30.2. The average Bonchev–Trinajstić information content (AvgIpc) is 2.77. The zero-order valence-electron chi connectivity index (χ0n) is 10.8. The van der Waals surface area contributed by atoms with Gasteiger partial charge in [-0.3, -0.25) is 4.79 Å². The lowest BCUT2D eigenvalue weighted by molar-refractivity contribution is 0.0681. The van der Waals surface area contributed by atoms with Crippen LogP contribution < -0.4 is 5.32 Å². The zero-order chi connectivity index (χ0) is 12.5. The monoisotopic (exact) mass is 244 g/mol. The van der Waals surface area contributed by atoms with E-state index in [4.69, 9.17) is 0 Å². The Morgan fingerprint density at radius 2 is 1.78 bits per heavy atom. The number of carbonyl (C=O) groups is 1. The molecule has 0 aromatic heterocycles. The van der Waals surface area contributed by atoms with Crippen LogP contribution in [-0.2, 0) is 0 Å². The molecule has 2 bridgehead atoms. The van der Waals surface area contributed by atoms with Crippen molar-refractivity contribution in [2.45, 2.75) is 43.8 Å². The molecule has 96 valence electrons. The molecule has 1 N–H and O–H groups in total. The molecule has 2 aliphatic heterocycles. The molecule has 2 heterocycles. The van der Waals surface area contributed by atoms with Gasteiger partial charge in [-0.05, 0) is 37.8 Å². The van der Waals surface area contributed by atoms with E-state index < -0.39 is 0 Å². The summed E-state index contributed by atoms with van der Waals surface area (Å²) in [6.45, 7) is 0. The fourth-order valence-corrected chi connectivity index (χ4v) is 3.29. The van der Waals surface area contributed by atoms with Gasteiger partial charge < -0.3 is 10.2 Å². The molecular weight excluding hydrogens is 224 g/mol. The van der Waals surface area contributed by atoms with E-state index in [0.717, 1.165) is 18.4 Å². The van der Waals surface area contributed by atoms with Gasteiger partial charge in [0.25, 0.3) is 5.91 Å². The SMILES string of the molecule is CN(C(=O)c1ccccc1)[C@@H]1C[C@H]2CC[C@@H](C1)N2. The van der Waals surface area contributed by atoms with Gasteiger partial charge >= 0.3 is 0 Å². The summed E-state index contributed by atoms with van der Waals surface area (Å²) in [5.41, 5.74) is 0.797. The van der Waals surface area contributed by atoms with Gasteiger partial charge in [0.15, 0.2) is 0 Å². The Balaban J connectivity index is 1.71. The third kappa shape index (κ3) is 2.15. The third-order valence-electron chi connectivity index (χ3n) is 4.34. The lowest BCUT2D eigenvalue weighted by Gasteiger charge is -2.35. The highest BCUT2D eigenvalue weighted by Gasteiger charge is 2.36. The van der Waals surface area contributed by atoms with E-state index in [1.54, 1.807) is 0 Å². The number of carbonyl (C=O) groups excluding carboxylic acids is 1. The van der Waals surface area contributed by atoms with Crippen LogP contribution >= 0.6 is 0 Å². The van der Waals surface area contributed by atoms with Crippen LogP contribution in [0, 0.1) is 0 Å². The second-order valence-corrected chi connectivity index (χ2v) is 5.55. The fraction of sp³-hybridized carbons (Fsp3) is 0.533. The summed E-state index contributed by atoms with van der Waals surface area (Å²) in [5, 5.41) is 3.62. The van der Waals surface area contributed by atoms with E-state index in [1.807, 2.05) is 42.3 Å². The Kier molecular flexibility index (Phi) is 3.08. The zero-order valence-corrected chi connectivity index (χ0v) is 10.8. The fourth-order valence-electron chi connectivity index (χ4n) is 3.29. The highest BCUT2D eigenvalue weighted by molar-refractivity contribution is 5.94. The first kappa shape index (κ1) is 11.7. The number of hydrogen-bond donors (Lipinski definition) is 1. The summed E-state index contributed by atoms with van der Waals surface area (Å²) < 4.78 is 0. The average molecular weight is 244 g/mol. The lowest BCUT2D eigenvalue weighted by Crippen LogP contribution is -2.48. The molecule has 2 fully saturated rings. The highest BCUT2D eigenvalue weighted by atomic mass is 16.2. The number of amides is 1. The van der Waals surface area contributed by atoms with Gasteiger partial charge in [0.2, 0.25) is 0 Å². The molecule has 2 saturated heterocycles. The summed E-state index contributed by atoms with van der Waals surface area (Å²) in [7, 11) is 1.95. The second-order valence-electron chi connectivity index (χ2n) is 5.55. The molecule has 1 amide bonds. The number of nitrogens with one attached hydrogen (secondary N) is 1. The number of hydrogen-bond acceptors (Lipinski definition) is 2. The van der Waals surface area contributed by atoms with Crippen LogP contribution in [0.3, 0.4) is 0 Å². The number of nitrogens with zero attached hydrogens (tertiary/aromatic N) is 1. The first-order chi connectivity index (χ1) is 8.74. The van der Waals surface area contributed by atoms with Crippen molar-refractivity contribution < 1.29 is 4.79 Å². The molecule has 3 atom stereocenters. The number of rotatable bonds is 2. The molecule has 18 heavy (non-hydrogen) atoms. The molecular formula is C15H20N2O. The minimum atomic E-state index is 0.155. The van der Waals surface area contributed by atoms with Crippen LogP contribution in [0.15, 0.2) is 30.3 Å². The van der Waals surface area contributed by atoms with E-state index in [2.05, 4.69) is 5.32 Å². The predicted molar refractivity (Wildman–Crippen MR) is 71.5 cm³/mol. The molecule has 1 aromatic carbocycles. The van der Waals surface area contributed by atoms with Gasteiger partial charge in [0.05, 0.1) is 0 Å². The summed E-state index contributed by atoms with van der Waals surface area (Å²) in [6, 6.07) is 11.2. The predicted octanol–water partition coefficient (Wildman–Crippen LogP) is 2.04. The molecule has 0 spiro atoms. The molecule has 3 heteroatoms. The molecule has 0 radical (unpaired) electrons. The van der Waals surface area contributed by atoms with Gasteiger partial charge in [0.1, 0.15) is 0 Å². The summed E-state index contributed by atoms with van der Waals surface area (Å²) in [4.78, 5) is 14.3. The van der Waals surface area contributed by atoms with E-state index >= 15 is 0 Å². The number of piperidine rings is 1. The Morgan fingerprint density at radius 3 is 2.39 bits per heavy atom. The van der Waals surface area contributed by atoms with Crippen molar-refractivity contribution in [3.63, 3.8) is 0 Å². The maximum Gasteiger partial charge on any atom is 0.253 e. The van der Waals surface area contributed by atoms with Crippen molar-refractivity contribution in [3.8, 4) is 0 Å². The standard InChI is InChI=1S/C15H20N2O/c1-17(15(18)11-5-3-2-4-6-11)14-9-12-7-8-13(10-14)16-12/h2-6,12-14,16H,7-10H2,1H3/t12-,13+,14-. The number of fused-ring (bicyclic) bond motifs is 2. The molecule has 3 rings (SSSR count). The van der Waals surface area contributed by atoms with Crippen LogP contribution in [0.5, 0.6) is 0 Å². The van der Waals surface area contributed by atoms with Crippen molar-refractivity contribution in [1.29, 1.82) is 0 Å². The van der Waals surface area contributed by atoms with Crippen LogP contribution in [-0.4, -0.2) is 36.0 Å². The third-order valence-corrected chi connectivity index (χ3v) is 4.34. The molecule has 0 saturated carbocycles. The Morgan fingerprint density at radius 1 is 1.17 bits per heavy atom. The van der Waals surface area contributed by atoms with E-state index in [9.17, 15) is 4.79 Å². The first-order valence-corrected chi connectivity index (χ1v) is 6.82. The maximum absolute atomic E-state index is 12.4. The van der Waals surface area contributed by atoms with Crippen molar-refractivity contribution in [2.75, 3.05) is 7.05 Å². The molecule has 2 aliphatic rings. The van der Waals surface area contributed by atoms with Crippen molar-refractivity contribution in [3.05, 3.63) is 35.9 Å².